The zero-order chi connectivity index (χ0) is 28.1. The molecule has 1 fully saturated rings. The van der Waals surface area contributed by atoms with Crippen LogP contribution >= 0.6 is 34.9 Å². The van der Waals surface area contributed by atoms with Crippen molar-refractivity contribution < 1.29 is 38.7 Å². The monoisotopic (exact) mass is 597 g/mol. The van der Waals surface area contributed by atoms with Crippen molar-refractivity contribution in [1.29, 1.82) is 0 Å². The van der Waals surface area contributed by atoms with Crippen LogP contribution in [0.4, 0.5) is 5.13 Å². The summed E-state index contributed by atoms with van der Waals surface area (Å²) in [4.78, 5) is 70.2. The number of hydrogen-bond donors (Lipinski definition) is 3. The molecule has 2 aliphatic rings. The molecule has 3 amide bonds. The molecule has 2 aromatic heterocycles. The Labute approximate surface area is 231 Å². The number of esters is 1. The zero-order valence-electron chi connectivity index (χ0n) is 20.1. The van der Waals surface area contributed by atoms with E-state index in [0.29, 0.717) is 12.0 Å². The number of carboxylic acids is 1. The molecule has 0 saturated carbocycles. The number of aromatic nitrogens is 5. The van der Waals surface area contributed by atoms with Gasteiger partial charge in [-0.15, -0.1) is 28.2 Å². The van der Waals surface area contributed by atoms with Crippen LogP contribution in [-0.4, -0.2) is 108 Å². The minimum Gasteiger partial charge on any atom is -0.477 e. The van der Waals surface area contributed by atoms with Gasteiger partial charge in [0.15, 0.2) is 10.8 Å². The Morgan fingerprint density at radius 3 is 2.85 bits per heavy atom. The van der Waals surface area contributed by atoms with E-state index in [0.717, 1.165) is 28.0 Å². The van der Waals surface area contributed by atoms with Gasteiger partial charge in [0.05, 0.1) is 7.11 Å². The van der Waals surface area contributed by atoms with E-state index in [2.05, 4.69) is 41.0 Å². The number of thioether (sulfide) groups is 2. The summed E-state index contributed by atoms with van der Waals surface area (Å²) in [6.45, 7) is -0.219. The highest BCUT2D eigenvalue weighted by Crippen LogP contribution is 2.41. The summed E-state index contributed by atoms with van der Waals surface area (Å²) in [5, 5.41) is 30.9. The van der Waals surface area contributed by atoms with Gasteiger partial charge in [0.25, 0.3) is 11.8 Å². The number of ether oxygens (including phenoxy) is 1. The van der Waals surface area contributed by atoms with Crippen LogP contribution in [0, 0.1) is 0 Å². The lowest BCUT2D eigenvalue weighted by atomic mass is 10.0. The summed E-state index contributed by atoms with van der Waals surface area (Å²) < 4.78 is 5.83. The van der Waals surface area contributed by atoms with Gasteiger partial charge in [0.2, 0.25) is 11.6 Å². The molecule has 2 aromatic rings. The highest BCUT2D eigenvalue weighted by Gasteiger charge is 2.54. The van der Waals surface area contributed by atoms with E-state index in [-0.39, 0.29) is 45.4 Å². The lowest BCUT2D eigenvalue weighted by Gasteiger charge is -2.49. The predicted molar refractivity (Wildman–Crippen MR) is 136 cm³/mol. The number of carbonyl (C=O) groups is 5. The van der Waals surface area contributed by atoms with Gasteiger partial charge in [-0.3, -0.25) is 24.1 Å². The highest BCUT2D eigenvalue weighted by molar-refractivity contribution is 8.01. The fourth-order valence-electron chi connectivity index (χ4n) is 3.54. The number of amides is 3. The van der Waals surface area contributed by atoms with Crippen molar-refractivity contribution in [2.45, 2.75) is 23.1 Å². The Hall–Kier alpha value is -4.04. The molecule has 4 heterocycles. The summed E-state index contributed by atoms with van der Waals surface area (Å²) in [5.41, 5.74) is 0.140. The number of oxime groups is 1. The van der Waals surface area contributed by atoms with Crippen LogP contribution in [0.2, 0.25) is 0 Å². The minimum atomic E-state index is -1.30. The summed E-state index contributed by atoms with van der Waals surface area (Å²) >= 11 is 3.43. The van der Waals surface area contributed by atoms with Gasteiger partial charge in [-0.25, -0.2) is 14.5 Å². The van der Waals surface area contributed by atoms with Gasteiger partial charge in [0, 0.05) is 16.9 Å². The van der Waals surface area contributed by atoms with Gasteiger partial charge in [0.1, 0.15) is 36.5 Å². The Kier molecular flexibility index (Phi) is 8.76. The number of carbonyl (C=O) groups excluding carboxylic acids is 4. The summed E-state index contributed by atoms with van der Waals surface area (Å²) in [7, 11) is 2.46. The molecule has 0 aromatic carbocycles. The third-order valence-electron chi connectivity index (χ3n) is 5.24. The number of tetrazole rings is 1. The molecule has 0 aliphatic carbocycles. The summed E-state index contributed by atoms with van der Waals surface area (Å²) in [6.07, 6.45) is 0.433. The average molecular weight is 598 g/mol. The largest absolute Gasteiger partial charge is 0.477 e. The zero-order valence-corrected chi connectivity index (χ0v) is 22.5. The number of anilines is 1. The van der Waals surface area contributed by atoms with Crippen molar-refractivity contribution in [1.82, 2.24) is 35.4 Å². The van der Waals surface area contributed by atoms with Gasteiger partial charge in [-0.1, -0.05) is 16.9 Å². The fourth-order valence-corrected chi connectivity index (χ4v) is 6.55. The topological polar surface area (TPSA) is 220 Å². The summed E-state index contributed by atoms with van der Waals surface area (Å²) in [5.74, 6) is -2.86. The van der Waals surface area contributed by atoms with Crippen LogP contribution in [0.25, 0.3) is 0 Å². The number of carboxylic acid groups (broad SMARTS) is 1. The molecule has 4 rings (SSSR count). The normalized spacial score (nSPS) is 18.7. The average Bonchev–Trinajstić information content (AvgIpc) is 3.57. The molecule has 39 heavy (non-hydrogen) atoms. The van der Waals surface area contributed by atoms with Gasteiger partial charge in [-0.05, 0) is 16.0 Å². The van der Waals surface area contributed by atoms with Crippen molar-refractivity contribution in [2.24, 2.45) is 5.16 Å². The van der Waals surface area contributed by atoms with Gasteiger partial charge < -0.3 is 25.3 Å². The number of methoxy groups -OCH3 is 1. The van der Waals surface area contributed by atoms with Crippen molar-refractivity contribution in [3.8, 4) is 0 Å². The number of aliphatic carboxylic acids is 1. The van der Waals surface area contributed by atoms with Crippen LogP contribution in [0.1, 0.15) is 5.69 Å². The lowest BCUT2D eigenvalue weighted by molar-refractivity contribution is -0.150. The van der Waals surface area contributed by atoms with Crippen molar-refractivity contribution >= 4 is 75.9 Å². The number of nitrogens with one attached hydrogen (secondary N) is 2. The molecule has 17 nitrogen and oxygen atoms in total. The molecule has 0 radical (unpaired) electrons. The van der Waals surface area contributed by atoms with E-state index < -0.39 is 35.2 Å². The van der Waals surface area contributed by atoms with Crippen LogP contribution in [0.5, 0.6) is 0 Å². The first-order valence-electron chi connectivity index (χ1n) is 10.7. The number of thiazole rings is 1. The number of fused-ring (bicyclic) bond motifs is 1. The highest BCUT2D eigenvalue weighted by atomic mass is 32.2. The Morgan fingerprint density at radius 1 is 1.36 bits per heavy atom. The van der Waals surface area contributed by atoms with Crippen molar-refractivity contribution in [3.05, 3.63) is 22.3 Å². The molecule has 0 bridgehead atoms. The maximum absolute atomic E-state index is 13.0. The smallest absolute Gasteiger partial charge is 0.352 e. The first-order valence-corrected chi connectivity index (χ1v) is 13.6. The molecular weight excluding hydrogens is 578 g/mol. The van der Waals surface area contributed by atoms with Gasteiger partial charge >= 0.3 is 11.9 Å². The number of β-lactam (4-membered cyclic amide) rings is 1. The van der Waals surface area contributed by atoms with E-state index >= 15 is 0 Å². The van der Waals surface area contributed by atoms with Crippen LogP contribution < -0.4 is 10.6 Å². The third-order valence-corrected chi connectivity index (χ3v) is 8.40. The van der Waals surface area contributed by atoms with Gasteiger partial charge in [-0.2, -0.15) is 0 Å². The van der Waals surface area contributed by atoms with Crippen LogP contribution in [0.3, 0.4) is 0 Å². The Morgan fingerprint density at radius 2 is 2.15 bits per heavy atom. The fraction of sp³-hybridized carbons (Fsp3) is 0.368. The molecule has 2 aliphatic heterocycles. The van der Waals surface area contributed by atoms with E-state index in [1.165, 1.54) is 36.0 Å². The molecule has 2 atom stereocenters. The standard InChI is InChI=1S/C19H19N9O8S3/c1-35-10(30)3-27-19(23-25-26-27)39-5-8-4-37-16-12(15(32)28(16)13(8)17(33)34)22-14(31)11(24-36-2)9-6-38-18(21-9)20-7-29/h6-7,12,16H,3-5H2,1-2H3,(H,22,31)(H,33,34)(H,20,21,29)/b24-11+/t12?,16-/m1/s1. The second-order valence-electron chi connectivity index (χ2n) is 7.52. The minimum absolute atomic E-state index is 0.114. The third kappa shape index (κ3) is 5.86. The first-order chi connectivity index (χ1) is 18.8. The molecule has 1 unspecified atom stereocenters. The van der Waals surface area contributed by atoms with E-state index in [1.807, 2.05) is 0 Å². The summed E-state index contributed by atoms with van der Waals surface area (Å²) in [6, 6.07) is -1.02. The molecule has 206 valence electrons. The second kappa shape index (κ2) is 12.2. The maximum Gasteiger partial charge on any atom is 0.352 e. The number of nitrogens with zero attached hydrogens (tertiary/aromatic N) is 7. The van der Waals surface area contributed by atoms with Crippen molar-refractivity contribution in [2.75, 3.05) is 31.0 Å². The molecule has 20 heteroatoms. The van der Waals surface area contributed by atoms with Crippen LogP contribution in [-0.2, 0) is 40.1 Å². The van der Waals surface area contributed by atoms with Crippen molar-refractivity contribution in [3.63, 3.8) is 0 Å². The predicted octanol–water partition coefficient (Wildman–Crippen LogP) is -1.25. The number of rotatable bonds is 12. The Balaban J connectivity index is 1.46. The molecule has 1 saturated heterocycles. The van der Waals surface area contributed by atoms with E-state index in [1.54, 1.807) is 0 Å². The Bertz CT molecular complexity index is 1370. The SMILES string of the molecule is CO/N=C(/C(=O)NC1C(=O)N2C(C(=O)O)=C(CSc3nnnn3CC(=O)OC)CS[C@H]12)c1csc(NC=O)n1. The first kappa shape index (κ1) is 28.0. The lowest BCUT2D eigenvalue weighted by Crippen LogP contribution is -2.71. The number of hydrogen-bond acceptors (Lipinski definition) is 15. The molecular formula is C19H19N9O8S3. The van der Waals surface area contributed by atoms with E-state index in [4.69, 9.17) is 4.84 Å². The van der Waals surface area contributed by atoms with Crippen LogP contribution in [0.15, 0.2) is 27.0 Å². The maximum atomic E-state index is 13.0. The quantitative estimate of drug-likeness (QED) is 0.0650. The second-order valence-corrected chi connectivity index (χ2v) is 10.4. The molecule has 0 spiro atoms. The molecule has 3 N–H and O–H groups in total. The van der Waals surface area contributed by atoms with E-state index in [9.17, 15) is 29.1 Å².